The van der Waals surface area contributed by atoms with Gasteiger partial charge in [0.05, 0.1) is 12.3 Å². The van der Waals surface area contributed by atoms with Gasteiger partial charge in [-0.05, 0) is 6.42 Å². The smallest absolute Gasteiger partial charge is 0.365 e. The monoisotopic (exact) mass is 310 g/mol. The van der Waals surface area contributed by atoms with Crippen LogP contribution < -0.4 is 5.32 Å². The van der Waals surface area contributed by atoms with E-state index in [4.69, 9.17) is 0 Å². The standard InChI is InChI=1S/C13H21F3N2OS/c1-4-5-10-11(6-17-9(2)3)20-12(18-10)7-19-8-13(14,15)16/h9,17H,4-8H2,1-3H3. The van der Waals surface area contributed by atoms with E-state index >= 15 is 0 Å². The van der Waals surface area contributed by atoms with Crippen molar-refractivity contribution in [3.63, 3.8) is 0 Å². The molecule has 0 spiro atoms. The van der Waals surface area contributed by atoms with Crippen molar-refractivity contribution in [2.24, 2.45) is 0 Å². The highest BCUT2D eigenvalue weighted by Crippen LogP contribution is 2.22. The molecule has 0 aliphatic rings. The van der Waals surface area contributed by atoms with E-state index in [1.165, 1.54) is 11.3 Å². The predicted octanol–water partition coefficient (Wildman–Crippen LogP) is 3.67. The van der Waals surface area contributed by atoms with Crippen LogP contribution in [0.4, 0.5) is 13.2 Å². The molecule has 0 saturated carbocycles. The van der Waals surface area contributed by atoms with Crippen LogP contribution in [0.25, 0.3) is 0 Å². The first-order valence-corrected chi connectivity index (χ1v) is 7.48. The molecule has 1 aromatic rings. The van der Waals surface area contributed by atoms with Gasteiger partial charge in [-0.15, -0.1) is 11.3 Å². The molecule has 0 aliphatic heterocycles. The Morgan fingerprint density at radius 3 is 2.60 bits per heavy atom. The molecular formula is C13H21F3N2OS. The van der Waals surface area contributed by atoms with Gasteiger partial charge in [-0.25, -0.2) is 4.98 Å². The summed E-state index contributed by atoms with van der Waals surface area (Å²) in [5.74, 6) is 0. The van der Waals surface area contributed by atoms with Gasteiger partial charge in [0, 0.05) is 17.5 Å². The van der Waals surface area contributed by atoms with Crippen LogP contribution in [0.15, 0.2) is 0 Å². The Hall–Kier alpha value is -0.660. The fraction of sp³-hybridized carbons (Fsp3) is 0.769. The van der Waals surface area contributed by atoms with Crippen LogP contribution in [0.1, 0.15) is 42.8 Å². The SMILES string of the molecule is CCCc1nc(COCC(F)(F)F)sc1CNC(C)C. The zero-order valence-electron chi connectivity index (χ0n) is 12.0. The largest absolute Gasteiger partial charge is 0.411 e. The second kappa shape index (κ2) is 7.95. The average Bonchev–Trinajstić information content (AvgIpc) is 2.68. The Labute approximate surface area is 121 Å². The highest BCUT2D eigenvalue weighted by molar-refractivity contribution is 7.11. The minimum atomic E-state index is -4.29. The van der Waals surface area contributed by atoms with Crippen LogP contribution in [0.3, 0.4) is 0 Å². The number of nitrogens with zero attached hydrogens (tertiary/aromatic N) is 1. The first-order valence-electron chi connectivity index (χ1n) is 6.67. The van der Waals surface area contributed by atoms with E-state index in [1.807, 2.05) is 13.8 Å². The third-order valence-electron chi connectivity index (χ3n) is 2.47. The summed E-state index contributed by atoms with van der Waals surface area (Å²) in [6, 6.07) is 0.358. The molecule has 0 bridgehead atoms. The lowest BCUT2D eigenvalue weighted by Crippen LogP contribution is -2.21. The summed E-state index contributed by atoms with van der Waals surface area (Å²) in [7, 11) is 0. The van der Waals surface area contributed by atoms with Gasteiger partial charge >= 0.3 is 6.18 Å². The Morgan fingerprint density at radius 2 is 2.05 bits per heavy atom. The van der Waals surface area contributed by atoms with Crippen LogP contribution in [0.5, 0.6) is 0 Å². The molecule has 0 amide bonds. The molecule has 0 unspecified atom stereocenters. The zero-order chi connectivity index (χ0) is 15.2. The van der Waals surface area contributed by atoms with Crippen molar-refractivity contribution in [1.29, 1.82) is 0 Å². The van der Waals surface area contributed by atoms with Gasteiger partial charge in [0.25, 0.3) is 0 Å². The summed E-state index contributed by atoms with van der Waals surface area (Å²) in [6.07, 6.45) is -2.49. The van der Waals surface area contributed by atoms with Crippen molar-refractivity contribution in [1.82, 2.24) is 10.3 Å². The fourth-order valence-corrected chi connectivity index (χ4v) is 2.62. The average molecular weight is 310 g/mol. The van der Waals surface area contributed by atoms with Crippen LogP contribution in [0, 0.1) is 0 Å². The molecular weight excluding hydrogens is 289 g/mol. The molecule has 0 radical (unpaired) electrons. The van der Waals surface area contributed by atoms with Gasteiger partial charge in [-0.3, -0.25) is 0 Å². The number of hydrogen-bond acceptors (Lipinski definition) is 4. The molecule has 1 rings (SSSR count). The van der Waals surface area contributed by atoms with Gasteiger partial charge in [-0.2, -0.15) is 13.2 Å². The van der Waals surface area contributed by atoms with Crippen molar-refractivity contribution in [3.05, 3.63) is 15.6 Å². The van der Waals surface area contributed by atoms with Crippen LogP contribution in [-0.2, 0) is 24.3 Å². The van der Waals surface area contributed by atoms with E-state index in [2.05, 4.69) is 22.0 Å². The lowest BCUT2D eigenvalue weighted by Gasteiger charge is -2.07. The molecule has 3 nitrogen and oxygen atoms in total. The highest BCUT2D eigenvalue weighted by Gasteiger charge is 2.27. The van der Waals surface area contributed by atoms with Gasteiger partial charge < -0.3 is 10.1 Å². The maximum Gasteiger partial charge on any atom is 0.411 e. The van der Waals surface area contributed by atoms with E-state index in [0.717, 1.165) is 23.4 Å². The highest BCUT2D eigenvalue weighted by atomic mass is 32.1. The zero-order valence-corrected chi connectivity index (χ0v) is 12.8. The van der Waals surface area contributed by atoms with Gasteiger partial charge in [-0.1, -0.05) is 27.2 Å². The Bertz CT molecular complexity index is 405. The van der Waals surface area contributed by atoms with Gasteiger partial charge in [0.1, 0.15) is 11.6 Å². The van der Waals surface area contributed by atoms with Crippen molar-refractivity contribution in [3.8, 4) is 0 Å². The molecule has 0 aromatic carbocycles. The molecule has 20 heavy (non-hydrogen) atoms. The first-order chi connectivity index (χ1) is 9.31. The second-order valence-corrected chi connectivity index (χ2v) is 6.04. The predicted molar refractivity (Wildman–Crippen MR) is 73.8 cm³/mol. The summed E-state index contributed by atoms with van der Waals surface area (Å²) in [6.45, 7) is 5.54. The molecule has 0 saturated heterocycles. The lowest BCUT2D eigenvalue weighted by atomic mass is 10.2. The molecule has 116 valence electrons. The number of aromatic nitrogens is 1. The number of aryl methyl sites for hydroxylation is 1. The number of rotatable bonds is 8. The first kappa shape index (κ1) is 17.4. The van der Waals surface area contributed by atoms with E-state index < -0.39 is 12.8 Å². The third-order valence-corrected chi connectivity index (χ3v) is 3.54. The lowest BCUT2D eigenvalue weighted by molar-refractivity contribution is -0.176. The minimum absolute atomic E-state index is 0.0808. The molecule has 1 aromatic heterocycles. The van der Waals surface area contributed by atoms with Crippen LogP contribution in [0.2, 0.25) is 0 Å². The summed E-state index contributed by atoms with van der Waals surface area (Å²) in [5, 5.41) is 3.91. The maximum atomic E-state index is 12.0. The van der Waals surface area contributed by atoms with Crippen LogP contribution >= 0.6 is 11.3 Å². The number of alkyl halides is 3. The number of ether oxygens (including phenoxy) is 1. The second-order valence-electron chi connectivity index (χ2n) is 4.87. The van der Waals surface area contributed by atoms with Crippen molar-refractivity contribution in [2.45, 2.75) is 59.0 Å². The Kier molecular flexibility index (Phi) is 6.91. The molecule has 7 heteroatoms. The number of thiazole rings is 1. The minimum Gasteiger partial charge on any atom is -0.365 e. The topological polar surface area (TPSA) is 34.1 Å². The summed E-state index contributed by atoms with van der Waals surface area (Å²) < 4.78 is 40.7. The van der Waals surface area contributed by atoms with Crippen molar-refractivity contribution < 1.29 is 17.9 Å². The van der Waals surface area contributed by atoms with Crippen molar-refractivity contribution in [2.75, 3.05) is 6.61 Å². The fourth-order valence-electron chi connectivity index (χ4n) is 1.62. The summed E-state index contributed by atoms with van der Waals surface area (Å²) in [5.41, 5.74) is 0.969. The maximum absolute atomic E-state index is 12.0. The molecule has 0 atom stereocenters. The van der Waals surface area contributed by atoms with Gasteiger partial charge in [0.2, 0.25) is 0 Å². The van der Waals surface area contributed by atoms with E-state index in [1.54, 1.807) is 0 Å². The van der Waals surface area contributed by atoms with E-state index in [9.17, 15) is 13.2 Å². The van der Waals surface area contributed by atoms with Gasteiger partial charge in [0.15, 0.2) is 0 Å². The Morgan fingerprint density at radius 1 is 1.35 bits per heavy atom. The van der Waals surface area contributed by atoms with Crippen LogP contribution in [-0.4, -0.2) is 23.8 Å². The molecule has 0 aliphatic carbocycles. The number of halogens is 3. The molecule has 1 heterocycles. The molecule has 1 N–H and O–H groups in total. The summed E-state index contributed by atoms with van der Waals surface area (Å²) >= 11 is 1.43. The number of nitrogens with one attached hydrogen (secondary N) is 1. The normalized spacial score (nSPS) is 12.3. The Balaban J connectivity index is 2.60. The van der Waals surface area contributed by atoms with Crippen molar-refractivity contribution >= 4 is 11.3 Å². The quantitative estimate of drug-likeness (QED) is 0.795. The molecule has 0 fully saturated rings. The van der Waals surface area contributed by atoms with E-state index in [0.29, 0.717) is 17.6 Å². The summed E-state index contributed by atoms with van der Waals surface area (Å²) in [4.78, 5) is 5.47. The number of hydrogen-bond donors (Lipinski definition) is 1. The third kappa shape index (κ3) is 6.67. The van der Waals surface area contributed by atoms with E-state index in [-0.39, 0.29) is 6.61 Å².